The van der Waals surface area contributed by atoms with Crippen LogP contribution in [0.15, 0.2) is 29.1 Å². The number of ether oxygens (including phenoxy) is 4. The normalized spacial score (nSPS) is 18.2. The molecule has 3 heterocycles. The highest BCUT2D eigenvalue weighted by Gasteiger charge is 2.22. The molecular formula is C20H23NO5. The average Bonchev–Trinajstić information content (AvgIpc) is 3.18. The van der Waals surface area contributed by atoms with Crippen molar-refractivity contribution in [2.45, 2.75) is 31.9 Å². The Kier molecular flexibility index (Phi) is 4.59. The quantitative estimate of drug-likeness (QED) is 0.823. The van der Waals surface area contributed by atoms with Crippen molar-refractivity contribution < 1.29 is 18.9 Å². The number of rotatable bonds is 5. The third-order valence-electron chi connectivity index (χ3n) is 5.05. The van der Waals surface area contributed by atoms with Crippen LogP contribution in [0, 0.1) is 0 Å². The number of pyridine rings is 1. The van der Waals surface area contributed by atoms with Gasteiger partial charge in [0, 0.05) is 30.8 Å². The molecule has 138 valence electrons. The van der Waals surface area contributed by atoms with E-state index in [0.717, 1.165) is 42.7 Å². The Labute approximate surface area is 152 Å². The van der Waals surface area contributed by atoms with E-state index in [1.165, 1.54) is 0 Å². The molecule has 6 nitrogen and oxygen atoms in total. The Balaban J connectivity index is 1.70. The smallest absolute Gasteiger partial charge is 0.254 e. The predicted molar refractivity (Wildman–Crippen MR) is 97.4 cm³/mol. The van der Waals surface area contributed by atoms with E-state index in [9.17, 15) is 4.79 Å². The first-order valence-corrected chi connectivity index (χ1v) is 8.94. The van der Waals surface area contributed by atoms with E-state index in [1.807, 2.05) is 18.2 Å². The zero-order valence-electron chi connectivity index (χ0n) is 15.1. The lowest BCUT2D eigenvalue weighted by Gasteiger charge is -2.24. The summed E-state index contributed by atoms with van der Waals surface area (Å²) in [7, 11) is 3.24. The molecule has 1 aromatic heterocycles. The minimum Gasteiger partial charge on any atom is -0.493 e. The Hall–Kier alpha value is -2.47. The number of nitrogens with zero attached hydrogens (tertiary/aromatic N) is 1. The van der Waals surface area contributed by atoms with Crippen LogP contribution in [0.1, 0.15) is 18.4 Å². The summed E-state index contributed by atoms with van der Waals surface area (Å²) < 4.78 is 24.1. The highest BCUT2D eigenvalue weighted by molar-refractivity contribution is 5.71. The molecular weight excluding hydrogens is 334 g/mol. The van der Waals surface area contributed by atoms with E-state index in [4.69, 9.17) is 18.9 Å². The number of fused-ring (bicyclic) bond motifs is 3. The average molecular weight is 357 g/mol. The lowest BCUT2D eigenvalue weighted by molar-refractivity contribution is 0.0679. The fourth-order valence-electron chi connectivity index (χ4n) is 3.67. The molecule has 0 N–H and O–H groups in total. The first-order valence-electron chi connectivity index (χ1n) is 8.94. The molecule has 2 aromatic rings. The van der Waals surface area contributed by atoms with Crippen molar-refractivity contribution in [3.8, 4) is 28.5 Å². The van der Waals surface area contributed by atoms with E-state index in [2.05, 4.69) is 0 Å². The number of methoxy groups -OCH3 is 2. The highest BCUT2D eigenvalue weighted by atomic mass is 16.5. The zero-order chi connectivity index (χ0) is 18.1. The lowest BCUT2D eigenvalue weighted by atomic mass is 9.96. The Morgan fingerprint density at radius 2 is 1.96 bits per heavy atom. The first kappa shape index (κ1) is 17.0. The van der Waals surface area contributed by atoms with Crippen LogP contribution in [0.2, 0.25) is 0 Å². The summed E-state index contributed by atoms with van der Waals surface area (Å²) in [5, 5.41) is 0. The van der Waals surface area contributed by atoms with Crippen LogP contribution in [0.5, 0.6) is 17.2 Å². The molecule has 1 aromatic carbocycles. The van der Waals surface area contributed by atoms with Gasteiger partial charge in [0.15, 0.2) is 11.5 Å². The van der Waals surface area contributed by atoms with Gasteiger partial charge in [0.1, 0.15) is 12.4 Å². The molecule has 1 atom stereocenters. The van der Waals surface area contributed by atoms with Gasteiger partial charge in [-0.25, -0.2) is 0 Å². The number of aryl methyl sites for hydroxylation is 1. The zero-order valence-corrected chi connectivity index (χ0v) is 15.1. The van der Waals surface area contributed by atoms with Crippen LogP contribution in [-0.4, -0.2) is 38.1 Å². The van der Waals surface area contributed by atoms with Gasteiger partial charge in [-0.3, -0.25) is 4.79 Å². The second-order valence-corrected chi connectivity index (χ2v) is 6.63. The largest absolute Gasteiger partial charge is 0.493 e. The van der Waals surface area contributed by atoms with Gasteiger partial charge >= 0.3 is 0 Å². The maximum absolute atomic E-state index is 12.6. The standard InChI is InChI=1S/C20H23NO5/c1-23-18-8-13-5-6-21-17(16(13)11-19(18)24-2)9-15(10-20(21)22)26-12-14-4-3-7-25-14/h8-11,14H,3-7,12H2,1-2H3. The van der Waals surface area contributed by atoms with Crippen molar-refractivity contribution in [2.75, 3.05) is 27.4 Å². The fraction of sp³-hybridized carbons (Fsp3) is 0.450. The fourth-order valence-corrected chi connectivity index (χ4v) is 3.67. The Morgan fingerprint density at radius 3 is 2.69 bits per heavy atom. The predicted octanol–water partition coefficient (Wildman–Crippen LogP) is 2.65. The first-order chi connectivity index (χ1) is 12.7. The number of hydrogen-bond donors (Lipinski definition) is 0. The van der Waals surface area contributed by atoms with Crippen LogP contribution >= 0.6 is 0 Å². The molecule has 0 bridgehead atoms. The van der Waals surface area contributed by atoms with E-state index >= 15 is 0 Å². The molecule has 0 spiro atoms. The number of benzene rings is 1. The third-order valence-corrected chi connectivity index (χ3v) is 5.05. The van der Waals surface area contributed by atoms with Crippen molar-refractivity contribution in [3.63, 3.8) is 0 Å². The summed E-state index contributed by atoms with van der Waals surface area (Å²) in [6.45, 7) is 1.90. The van der Waals surface area contributed by atoms with Gasteiger partial charge in [0.25, 0.3) is 5.56 Å². The summed E-state index contributed by atoms with van der Waals surface area (Å²) >= 11 is 0. The van der Waals surface area contributed by atoms with Gasteiger partial charge in [0.05, 0.1) is 26.0 Å². The molecule has 0 saturated carbocycles. The summed E-state index contributed by atoms with van der Waals surface area (Å²) in [4.78, 5) is 12.6. The topological polar surface area (TPSA) is 58.9 Å². The third kappa shape index (κ3) is 3.05. The van der Waals surface area contributed by atoms with Gasteiger partial charge in [-0.2, -0.15) is 0 Å². The van der Waals surface area contributed by atoms with Crippen molar-refractivity contribution in [2.24, 2.45) is 0 Å². The Morgan fingerprint density at radius 1 is 1.15 bits per heavy atom. The molecule has 0 aliphatic carbocycles. The molecule has 1 saturated heterocycles. The summed E-state index contributed by atoms with van der Waals surface area (Å²) in [6.07, 6.45) is 2.96. The lowest BCUT2D eigenvalue weighted by Crippen LogP contribution is -2.26. The monoisotopic (exact) mass is 357 g/mol. The maximum Gasteiger partial charge on any atom is 0.254 e. The molecule has 2 aliphatic heterocycles. The van der Waals surface area contributed by atoms with Gasteiger partial charge in [-0.15, -0.1) is 0 Å². The van der Waals surface area contributed by atoms with Crippen molar-refractivity contribution in [1.82, 2.24) is 4.57 Å². The molecule has 1 fully saturated rings. The molecule has 2 aliphatic rings. The van der Waals surface area contributed by atoms with Crippen LogP contribution < -0.4 is 19.8 Å². The molecule has 0 radical (unpaired) electrons. The van der Waals surface area contributed by atoms with Gasteiger partial charge in [-0.05, 0) is 37.0 Å². The number of hydrogen-bond acceptors (Lipinski definition) is 5. The van der Waals surface area contributed by atoms with Gasteiger partial charge in [0.2, 0.25) is 0 Å². The van der Waals surface area contributed by atoms with Crippen LogP contribution in [0.4, 0.5) is 0 Å². The molecule has 26 heavy (non-hydrogen) atoms. The van der Waals surface area contributed by atoms with Crippen molar-refractivity contribution in [3.05, 3.63) is 40.2 Å². The van der Waals surface area contributed by atoms with Gasteiger partial charge < -0.3 is 23.5 Å². The van der Waals surface area contributed by atoms with Crippen LogP contribution in [-0.2, 0) is 17.7 Å². The summed E-state index contributed by atoms with van der Waals surface area (Å²) in [5.74, 6) is 1.94. The maximum atomic E-state index is 12.6. The van der Waals surface area contributed by atoms with Gasteiger partial charge in [-0.1, -0.05) is 0 Å². The highest BCUT2D eigenvalue weighted by Crippen LogP contribution is 2.38. The Bertz CT molecular complexity index is 867. The van der Waals surface area contributed by atoms with E-state index < -0.39 is 0 Å². The summed E-state index contributed by atoms with van der Waals surface area (Å²) in [5.41, 5.74) is 2.92. The van der Waals surface area contributed by atoms with E-state index in [0.29, 0.717) is 30.4 Å². The summed E-state index contributed by atoms with van der Waals surface area (Å²) in [6, 6.07) is 7.41. The van der Waals surface area contributed by atoms with Crippen molar-refractivity contribution in [1.29, 1.82) is 0 Å². The SMILES string of the molecule is COc1cc2c(cc1OC)-c1cc(OCC3CCCO3)cc(=O)n1CC2. The molecule has 1 unspecified atom stereocenters. The van der Waals surface area contributed by atoms with Crippen LogP contribution in [0.25, 0.3) is 11.3 Å². The minimum absolute atomic E-state index is 0.0507. The minimum atomic E-state index is -0.0507. The van der Waals surface area contributed by atoms with Crippen LogP contribution in [0.3, 0.4) is 0 Å². The second kappa shape index (κ2) is 7.03. The van der Waals surface area contributed by atoms with E-state index in [-0.39, 0.29) is 11.7 Å². The second-order valence-electron chi connectivity index (χ2n) is 6.63. The molecule has 6 heteroatoms. The van der Waals surface area contributed by atoms with E-state index in [1.54, 1.807) is 24.9 Å². The molecule has 4 rings (SSSR count). The number of aromatic nitrogens is 1. The van der Waals surface area contributed by atoms with Crippen molar-refractivity contribution >= 4 is 0 Å². The molecule has 0 amide bonds.